The van der Waals surface area contributed by atoms with Crippen LogP contribution in [0.1, 0.15) is 89.0 Å². The van der Waals surface area contributed by atoms with Crippen LogP contribution < -0.4 is 61.5 Å². The van der Waals surface area contributed by atoms with Crippen molar-refractivity contribution in [1.82, 2.24) is 0 Å². The molecule has 676 valence electrons. The standard InChI is InChI=1S/C120H102NO14P/c1-85-51-101-47-27-29-49-115(101)117-118-116-50-30-28-48-102(116)52-86(2)120(118)135-136(134-119(85)117)121(71-95-53-103(130-81-97-57-107(122-73-87-31-11-3-12-32-87)67-108(58-97)123-74-88-33-13-4-14-34-88)65-104(54-95)131-82-98-59-109(124-75-89-35-15-5-16-36-89)68-110(60-98)125-76-90-37-17-6-18-38-90)72-96-55-105(132-83-99-61-111(126-77-91-39-19-7-20-40-91)69-112(62-99)127-78-92-41-21-8-22-42-92)66-106(56-96)133-84-100-63-113(128-79-93-43-23-9-24-44-93)70-114(64-100)129-80-94-45-25-10-26-46-94/h3-70H,71-84H2,1-2H3. The van der Waals surface area contributed by atoms with E-state index in [9.17, 15) is 0 Å². The highest BCUT2D eigenvalue weighted by atomic mass is 31.1. The topological polar surface area (TPSA) is 140 Å². The molecule has 0 fully saturated rings. The molecule has 15 nitrogen and oxygen atoms in total. The van der Waals surface area contributed by atoms with Gasteiger partial charge in [-0.1, -0.05) is 291 Å². The van der Waals surface area contributed by atoms with Crippen LogP contribution in [0.2, 0.25) is 0 Å². The van der Waals surface area contributed by atoms with Crippen LogP contribution in [-0.4, -0.2) is 0 Å². The first-order chi connectivity index (χ1) is 67.0. The molecule has 0 atom stereocenters. The lowest BCUT2D eigenvalue weighted by Gasteiger charge is -2.22. The summed E-state index contributed by atoms with van der Waals surface area (Å²) in [4.78, 5) is 0. The average Bonchev–Trinajstić information content (AvgIpc) is 1.48. The van der Waals surface area contributed by atoms with Crippen molar-refractivity contribution in [1.29, 1.82) is 0 Å². The van der Waals surface area contributed by atoms with Crippen molar-refractivity contribution in [3.8, 4) is 69.0 Å². The number of ether oxygens (including phenoxy) is 12. The molecule has 19 rings (SSSR count). The monoisotopic (exact) mass is 1810 g/mol. The van der Waals surface area contributed by atoms with Crippen molar-refractivity contribution in [2.24, 2.45) is 0 Å². The molecule has 19 aromatic rings. The van der Waals surface area contributed by atoms with Crippen LogP contribution in [0.3, 0.4) is 0 Å². The lowest BCUT2D eigenvalue weighted by atomic mass is 9.95. The Balaban J connectivity index is 0.743. The van der Waals surface area contributed by atoms with E-state index in [0.29, 0.717) is 133 Å². The number of aryl methyl sites for hydroxylation is 2. The summed E-state index contributed by atoms with van der Waals surface area (Å²) in [5.74, 6) is 7.09. The van der Waals surface area contributed by atoms with Crippen LogP contribution in [0.5, 0.6) is 69.0 Å². The van der Waals surface area contributed by atoms with Gasteiger partial charge in [0.2, 0.25) is 0 Å². The van der Waals surface area contributed by atoms with E-state index in [4.69, 9.17) is 65.2 Å². The molecule has 136 heavy (non-hydrogen) atoms. The second-order valence-electron chi connectivity index (χ2n) is 33.7. The molecule has 0 saturated carbocycles. The largest absolute Gasteiger partial charge is 0.489 e. The number of benzene rings is 18. The predicted molar refractivity (Wildman–Crippen MR) is 539 cm³/mol. The highest BCUT2D eigenvalue weighted by Crippen LogP contribution is 2.47. The normalized spacial score (nSPS) is 11.2. The third-order valence-corrected chi connectivity index (χ3v) is 24.6. The summed E-state index contributed by atoms with van der Waals surface area (Å²) in [7, 11) is -2.18. The van der Waals surface area contributed by atoms with Gasteiger partial charge in [-0.15, -0.1) is 0 Å². The van der Waals surface area contributed by atoms with E-state index >= 15 is 0 Å². The molecular weight excluding hydrogens is 1710 g/mol. The van der Waals surface area contributed by atoms with E-state index < -0.39 is 8.16 Å². The molecule has 16 heteroatoms. The van der Waals surface area contributed by atoms with Gasteiger partial charge in [0.1, 0.15) is 159 Å². The summed E-state index contributed by atoms with van der Waals surface area (Å²) in [5.41, 5.74) is 16.4. The number of hydrogen-bond donors (Lipinski definition) is 0. The molecule has 1 heterocycles. The molecule has 0 radical (unpaired) electrons. The highest BCUT2D eigenvalue weighted by Gasteiger charge is 2.25. The van der Waals surface area contributed by atoms with Crippen molar-refractivity contribution in [3.05, 3.63) is 502 Å². The molecule has 0 spiro atoms. The zero-order valence-corrected chi connectivity index (χ0v) is 76.7. The van der Waals surface area contributed by atoms with Crippen molar-refractivity contribution in [3.63, 3.8) is 0 Å². The van der Waals surface area contributed by atoms with Gasteiger partial charge < -0.3 is 65.2 Å². The summed E-state index contributed by atoms with van der Waals surface area (Å²) in [6.07, 6.45) is 0. The van der Waals surface area contributed by atoms with Gasteiger partial charge in [-0.05, 0) is 209 Å². The minimum absolute atomic E-state index is 0.113. The molecule has 1 aromatic heterocycles. The molecule has 0 aliphatic rings. The van der Waals surface area contributed by atoms with Crippen LogP contribution >= 0.6 is 8.16 Å². The Labute approximate surface area is 793 Å². The Bertz CT molecular complexity index is 6270. The number of nitrogens with zero attached hydrogens (tertiary/aromatic N) is 1. The molecular formula is C120H102NO14P. The number of fused-ring (bicyclic) bond motifs is 7. The van der Waals surface area contributed by atoms with Crippen LogP contribution in [0, 0.1) is 13.8 Å². The van der Waals surface area contributed by atoms with Crippen molar-refractivity contribution < 1.29 is 65.2 Å². The van der Waals surface area contributed by atoms with Gasteiger partial charge >= 0.3 is 8.16 Å². The van der Waals surface area contributed by atoms with E-state index in [1.54, 1.807) is 0 Å². The third kappa shape index (κ3) is 24.2. The fourth-order valence-corrected chi connectivity index (χ4v) is 18.1. The van der Waals surface area contributed by atoms with Crippen LogP contribution in [-0.2, 0) is 92.4 Å². The Kier molecular flexibility index (Phi) is 28.8. The van der Waals surface area contributed by atoms with E-state index in [2.05, 4.69) is 201 Å². The minimum atomic E-state index is -2.18. The zero-order valence-electron chi connectivity index (χ0n) is 75.8. The van der Waals surface area contributed by atoms with Gasteiger partial charge in [-0.3, -0.25) is 0 Å². The first-order valence-electron chi connectivity index (χ1n) is 45.7. The Morgan fingerprint density at radius 2 is 0.353 bits per heavy atom. The smallest absolute Gasteiger partial charge is 0.310 e. The zero-order chi connectivity index (χ0) is 91.8. The second-order valence-corrected chi connectivity index (χ2v) is 35.1. The van der Waals surface area contributed by atoms with E-state index in [1.165, 1.54) is 0 Å². The lowest BCUT2D eigenvalue weighted by molar-refractivity contribution is 0.275. The molecule has 18 aromatic carbocycles. The van der Waals surface area contributed by atoms with Gasteiger partial charge in [-0.25, -0.2) is 0 Å². The SMILES string of the molecule is Cc1cc2ccccc2c2c1op(N(Cc1cc(OCc3cc(OCc4ccccc4)cc(OCc4ccccc4)c3)cc(OCc3cc(OCc4ccccc4)cc(OCc4ccccc4)c3)c1)Cc1cc(OCc3cc(OCc4ccccc4)cc(OCc4ccccc4)c3)cc(OCc3cc(OCc4ccccc4)cc(OCc4ccccc4)c3)c1)oc1c(C)cc3ccccc3c12. The summed E-state index contributed by atoms with van der Waals surface area (Å²) in [5, 5.41) is 6.11. The van der Waals surface area contributed by atoms with Gasteiger partial charge in [0.15, 0.2) is 0 Å². The van der Waals surface area contributed by atoms with Crippen LogP contribution in [0.25, 0.3) is 43.5 Å². The number of hydrogen-bond acceptors (Lipinski definition) is 15. The quantitative estimate of drug-likeness (QED) is 0.0359. The Morgan fingerprint density at radius 1 is 0.184 bits per heavy atom. The average molecular weight is 1810 g/mol. The maximum Gasteiger partial charge on any atom is 0.310 e. The molecule has 0 unspecified atom stereocenters. The molecule has 0 N–H and O–H groups in total. The lowest BCUT2D eigenvalue weighted by Crippen LogP contribution is -2.19. The maximum absolute atomic E-state index is 7.85. The predicted octanol–water partition coefficient (Wildman–Crippen LogP) is 29.5. The van der Waals surface area contributed by atoms with Crippen LogP contribution in [0.15, 0.2) is 421 Å². The summed E-state index contributed by atoms with van der Waals surface area (Å²) < 4.78 is 99.4. The van der Waals surface area contributed by atoms with Gasteiger partial charge in [0, 0.05) is 60.3 Å². The summed E-state index contributed by atoms with van der Waals surface area (Å²) in [6, 6.07) is 138. The molecule has 0 aliphatic carbocycles. The Morgan fingerprint density at radius 3 is 0.551 bits per heavy atom. The molecule has 0 aliphatic heterocycles. The first kappa shape index (κ1) is 89.2. The third-order valence-electron chi connectivity index (χ3n) is 23.2. The summed E-state index contributed by atoms with van der Waals surface area (Å²) in [6.45, 7) is 7.85. The number of rotatable bonds is 41. The maximum atomic E-state index is 7.85. The fraction of sp³-hybridized carbons (Fsp3) is 0.133. The van der Waals surface area contributed by atoms with Gasteiger partial charge in [-0.2, -0.15) is 4.67 Å². The fourth-order valence-electron chi connectivity index (χ4n) is 16.4. The Hall–Kier alpha value is -16.1. The van der Waals surface area contributed by atoms with E-state index in [-0.39, 0.29) is 39.5 Å². The molecule has 0 amide bonds. The summed E-state index contributed by atoms with van der Waals surface area (Å²) >= 11 is 0. The minimum Gasteiger partial charge on any atom is -0.489 e. The van der Waals surface area contributed by atoms with Crippen molar-refractivity contribution in [2.45, 2.75) is 106 Å². The second kappa shape index (κ2) is 44.0. The van der Waals surface area contributed by atoms with Gasteiger partial charge in [0.25, 0.3) is 0 Å². The van der Waals surface area contributed by atoms with E-state index in [0.717, 1.165) is 121 Å². The molecule has 0 bridgehead atoms. The molecule has 0 saturated heterocycles. The van der Waals surface area contributed by atoms with Crippen LogP contribution in [0.4, 0.5) is 0 Å². The highest BCUT2D eigenvalue weighted by molar-refractivity contribution is 7.38. The first-order valence-corrected chi connectivity index (χ1v) is 46.8. The van der Waals surface area contributed by atoms with E-state index in [1.807, 2.05) is 231 Å². The van der Waals surface area contributed by atoms with Crippen molar-refractivity contribution >= 4 is 51.6 Å². The van der Waals surface area contributed by atoms with Crippen molar-refractivity contribution in [2.75, 3.05) is 4.67 Å². The van der Waals surface area contributed by atoms with Gasteiger partial charge in [0.05, 0.1) is 0 Å².